The number of phenols is 1. The second-order valence-corrected chi connectivity index (χ2v) is 9.67. The van der Waals surface area contributed by atoms with Crippen LogP contribution in [0.15, 0.2) is 60.9 Å². The summed E-state index contributed by atoms with van der Waals surface area (Å²) in [6, 6.07) is 14.6. The number of imidazole rings is 1. The molecule has 178 valence electrons. The summed E-state index contributed by atoms with van der Waals surface area (Å²) in [6.45, 7) is 5.55. The molecule has 0 spiro atoms. The molecule has 0 atom stereocenters. The molecular formula is C25H24Cl4N4O. The third-order valence-corrected chi connectivity index (χ3v) is 6.47. The molecule has 0 radical (unpaired) electrons. The number of aromatic nitrogens is 3. The van der Waals surface area contributed by atoms with Gasteiger partial charge in [0.25, 0.3) is 0 Å². The normalized spacial score (nSPS) is 11.3. The van der Waals surface area contributed by atoms with E-state index in [0.717, 1.165) is 33.9 Å². The lowest BCUT2D eigenvalue weighted by Crippen LogP contribution is -2.33. The summed E-state index contributed by atoms with van der Waals surface area (Å²) in [5.41, 5.74) is 4.05. The number of aromatic amines is 1. The minimum Gasteiger partial charge on any atom is -0.506 e. The fourth-order valence-corrected chi connectivity index (χ4v) is 3.98. The van der Waals surface area contributed by atoms with Gasteiger partial charge in [-0.3, -0.25) is 4.98 Å². The van der Waals surface area contributed by atoms with Crippen LogP contribution in [0.1, 0.15) is 25.2 Å². The SMILES string of the molecule is CC(C)(CNCc1ccc(Cl)c(Cl)c1)c1nc(-c2ccc(Cl)c(O)c2)c(-c2ccncc2)[nH]1.Cl. The van der Waals surface area contributed by atoms with Crippen LogP contribution in [0.25, 0.3) is 22.5 Å². The summed E-state index contributed by atoms with van der Waals surface area (Å²) >= 11 is 18.2. The Morgan fingerprint density at radius 2 is 1.62 bits per heavy atom. The minimum absolute atomic E-state index is 0. The van der Waals surface area contributed by atoms with E-state index in [1.54, 1.807) is 30.6 Å². The lowest BCUT2D eigenvalue weighted by atomic mass is 9.92. The zero-order valence-corrected chi connectivity index (χ0v) is 21.7. The van der Waals surface area contributed by atoms with E-state index in [-0.39, 0.29) is 23.6 Å². The van der Waals surface area contributed by atoms with Crippen molar-refractivity contribution in [3.63, 3.8) is 0 Å². The first kappa shape index (κ1) is 26.3. The molecule has 3 N–H and O–H groups in total. The number of rotatable bonds is 7. The van der Waals surface area contributed by atoms with Crippen LogP contribution >= 0.6 is 47.2 Å². The number of nitrogens with zero attached hydrogens (tertiary/aromatic N) is 2. The molecule has 2 heterocycles. The van der Waals surface area contributed by atoms with Gasteiger partial charge in [0, 0.05) is 42.0 Å². The van der Waals surface area contributed by atoms with Gasteiger partial charge in [-0.25, -0.2) is 4.98 Å². The number of phenolic OH excluding ortho intramolecular Hbond substituents is 1. The lowest BCUT2D eigenvalue weighted by Gasteiger charge is -2.23. The van der Waals surface area contributed by atoms with Crippen molar-refractivity contribution in [2.75, 3.05) is 6.54 Å². The minimum atomic E-state index is -0.315. The van der Waals surface area contributed by atoms with E-state index in [1.165, 1.54) is 0 Å². The fourth-order valence-electron chi connectivity index (χ4n) is 3.54. The average molecular weight is 538 g/mol. The van der Waals surface area contributed by atoms with E-state index in [9.17, 15) is 5.11 Å². The smallest absolute Gasteiger partial charge is 0.134 e. The molecule has 34 heavy (non-hydrogen) atoms. The van der Waals surface area contributed by atoms with E-state index in [0.29, 0.717) is 28.2 Å². The van der Waals surface area contributed by atoms with Crippen molar-refractivity contribution < 1.29 is 5.11 Å². The van der Waals surface area contributed by atoms with E-state index < -0.39 is 0 Å². The quantitative estimate of drug-likeness (QED) is 0.231. The largest absolute Gasteiger partial charge is 0.506 e. The van der Waals surface area contributed by atoms with Gasteiger partial charge in [-0.05, 0) is 42.0 Å². The van der Waals surface area contributed by atoms with Crippen molar-refractivity contribution in [2.24, 2.45) is 0 Å². The Labute approximate surface area is 219 Å². The van der Waals surface area contributed by atoms with Crippen LogP contribution in [0.5, 0.6) is 5.75 Å². The molecule has 0 aliphatic carbocycles. The monoisotopic (exact) mass is 536 g/mol. The first-order valence-electron chi connectivity index (χ1n) is 10.4. The standard InChI is InChI=1S/C25H23Cl3N4O.ClH/c1-25(2,14-30-13-15-3-5-18(26)20(28)11-15)24-31-22(16-7-9-29-10-8-16)23(32-24)17-4-6-19(27)21(33)12-17;/h3-12,30,33H,13-14H2,1-2H3,(H,31,32);1H. The highest BCUT2D eigenvalue weighted by molar-refractivity contribution is 6.42. The average Bonchev–Trinajstić information content (AvgIpc) is 3.25. The molecule has 2 aromatic heterocycles. The lowest BCUT2D eigenvalue weighted by molar-refractivity contribution is 0.448. The van der Waals surface area contributed by atoms with Crippen LogP contribution in [0.2, 0.25) is 15.1 Å². The predicted octanol–water partition coefficient (Wildman–Crippen LogP) is 7.29. The maximum atomic E-state index is 10.1. The van der Waals surface area contributed by atoms with E-state index in [4.69, 9.17) is 39.8 Å². The van der Waals surface area contributed by atoms with E-state index >= 15 is 0 Å². The van der Waals surface area contributed by atoms with Gasteiger partial charge in [-0.15, -0.1) is 12.4 Å². The third kappa shape index (κ3) is 5.85. The van der Waals surface area contributed by atoms with Crippen LogP contribution in [0.4, 0.5) is 0 Å². The molecule has 5 nitrogen and oxygen atoms in total. The molecule has 0 bridgehead atoms. The molecule has 0 fully saturated rings. The van der Waals surface area contributed by atoms with Crippen molar-refractivity contribution in [1.29, 1.82) is 0 Å². The van der Waals surface area contributed by atoms with Crippen LogP contribution < -0.4 is 5.32 Å². The molecule has 0 saturated heterocycles. The summed E-state index contributed by atoms with van der Waals surface area (Å²) in [5, 5.41) is 15.0. The first-order chi connectivity index (χ1) is 15.7. The molecule has 9 heteroatoms. The van der Waals surface area contributed by atoms with Crippen molar-refractivity contribution >= 4 is 47.2 Å². The molecule has 2 aromatic carbocycles. The summed E-state index contributed by atoms with van der Waals surface area (Å²) in [7, 11) is 0. The maximum Gasteiger partial charge on any atom is 0.134 e. The van der Waals surface area contributed by atoms with Crippen molar-refractivity contribution in [1.82, 2.24) is 20.3 Å². The van der Waals surface area contributed by atoms with Crippen molar-refractivity contribution in [2.45, 2.75) is 25.8 Å². The van der Waals surface area contributed by atoms with Gasteiger partial charge in [0.1, 0.15) is 11.6 Å². The number of nitrogens with one attached hydrogen (secondary N) is 2. The second kappa shape index (κ2) is 11.0. The highest BCUT2D eigenvalue weighted by Gasteiger charge is 2.27. The summed E-state index contributed by atoms with van der Waals surface area (Å²) in [6.07, 6.45) is 3.48. The van der Waals surface area contributed by atoms with Crippen LogP contribution in [-0.2, 0) is 12.0 Å². The zero-order chi connectivity index (χ0) is 23.6. The summed E-state index contributed by atoms with van der Waals surface area (Å²) in [5.74, 6) is 0.835. The number of benzene rings is 2. The van der Waals surface area contributed by atoms with Crippen LogP contribution in [0, 0.1) is 0 Å². The number of hydrogen-bond donors (Lipinski definition) is 3. The van der Waals surface area contributed by atoms with Gasteiger partial charge in [0.05, 0.1) is 26.5 Å². The molecular weight excluding hydrogens is 514 g/mol. The van der Waals surface area contributed by atoms with Gasteiger partial charge in [0.2, 0.25) is 0 Å². The Balaban J connectivity index is 0.00000324. The Morgan fingerprint density at radius 3 is 2.29 bits per heavy atom. The maximum absolute atomic E-state index is 10.1. The number of pyridine rings is 1. The Kier molecular flexibility index (Phi) is 8.50. The molecule has 0 aliphatic rings. The molecule has 0 aliphatic heterocycles. The molecule has 0 amide bonds. The fraction of sp³-hybridized carbons (Fsp3) is 0.200. The van der Waals surface area contributed by atoms with Gasteiger partial charge in [-0.1, -0.05) is 60.8 Å². The van der Waals surface area contributed by atoms with Gasteiger partial charge < -0.3 is 15.4 Å². The summed E-state index contributed by atoms with van der Waals surface area (Å²) in [4.78, 5) is 12.6. The van der Waals surface area contributed by atoms with Gasteiger partial charge >= 0.3 is 0 Å². The number of halogens is 4. The molecule has 0 saturated carbocycles. The molecule has 0 unspecified atom stereocenters. The Bertz CT molecular complexity index is 1280. The first-order valence-corrected chi connectivity index (χ1v) is 11.5. The highest BCUT2D eigenvalue weighted by atomic mass is 35.5. The van der Waals surface area contributed by atoms with Crippen LogP contribution in [-0.4, -0.2) is 26.6 Å². The van der Waals surface area contributed by atoms with Crippen molar-refractivity contribution in [3.05, 3.63) is 87.4 Å². The van der Waals surface area contributed by atoms with E-state index in [2.05, 4.69) is 29.1 Å². The van der Waals surface area contributed by atoms with E-state index in [1.807, 2.05) is 30.3 Å². The molecule has 4 aromatic rings. The number of aromatic hydroxyl groups is 1. The Morgan fingerprint density at radius 1 is 0.912 bits per heavy atom. The highest BCUT2D eigenvalue weighted by Crippen LogP contribution is 2.36. The predicted molar refractivity (Wildman–Crippen MR) is 142 cm³/mol. The molecule has 4 rings (SSSR count). The van der Waals surface area contributed by atoms with Gasteiger partial charge in [0.15, 0.2) is 0 Å². The summed E-state index contributed by atoms with van der Waals surface area (Å²) < 4.78 is 0. The number of H-pyrrole nitrogens is 1. The van der Waals surface area contributed by atoms with Crippen molar-refractivity contribution in [3.8, 4) is 28.3 Å². The zero-order valence-electron chi connectivity index (χ0n) is 18.6. The topological polar surface area (TPSA) is 73.8 Å². The third-order valence-electron chi connectivity index (χ3n) is 5.41. The van der Waals surface area contributed by atoms with Gasteiger partial charge in [-0.2, -0.15) is 0 Å². The van der Waals surface area contributed by atoms with Crippen LogP contribution in [0.3, 0.4) is 0 Å². The Hall–Kier alpha value is -2.28. The number of hydrogen-bond acceptors (Lipinski definition) is 4. The second-order valence-electron chi connectivity index (χ2n) is 8.45.